The van der Waals surface area contributed by atoms with Crippen LogP contribution in [-0.2, 0) is 21.2 Å². The van der Waals surface area contributed by atoms with Crippen molar-refractivity contribution in [2.45, 2.75) is 48.8 Å². The van der Waals surface area contributed by atoms with E-state index >= 15 is 0 Å². The minimum atomic E-state index is -4.07. The lowest BCUT2D eigenvalue weighted by atomic mass is 9.95. The van der Waals surface area contributed by atoms with Gasteiger partial charge in [-0.2, -0.15) is 0 Å². The van der Waals surface area contributed by atoms with E-state index in [4.69, 9.17) is 14.7 Å². The first-order chi connectivity index (χ1) is 16.3. The number of rotatable bonds is 10. The molecule has 1 aliphatic heterocycles. The summed E-state index contributed by atoms with van der Waals surface area (Å²) in [5.41, 5.74) is 1.06. The number of methoxy groups -OCH3 is 1. The van der Waals surface area contributed by atoms with Crippen LogP contribution in [0.15, 0.2) is 53.4 Å². The average Bonchev–Trinajstić information content (AvgIpc) is 2.86. The molecule has 2 aromatic carbocycles. The molecule has 0 atom stereocenters. The van der Waals surface area contributed by atoms with Gasteiger partial charge in [-0.3, -0.25) is 9.69 Å². The molecule has 2 aromatic rings. The van der Waals surface area contributed by atoms with Gasteiger partial charge in [0, 0.05) is 19.6 Å². The minimum Gasteiger partial charge on any atom is -0.497 e. The van der Waals surface area contributed by atoms with E-state index in [9.17, 15) is 18.3 Å². The van der Waals surface area contributed by atoms with Crippen molar-refractivity contribution in [2.24, 2.45) is 5.90 Å². The van der Waals surface area contributed by atoms with Crippen LogP contribution >= 0.6 is 0 Å². The molecule has 0 aliphatic carbocycles. The smallest absolute Gasteiger partial charge is 0.325 e. The first kappa shape index (κ1) is 27.6. The van der Waals surface area contributed by atoms with E-state index in [1.165, 1.54) is 12.1 Å². The zero-order chi connectivity index (χ0) is 25.2. The van der Waals surface area contributed by atoms with Crippen LogP contribution in [0, 0.1) is 0 Å². The highest BCUT2D eigenvalue weighted by Crippen LogP contribution is 2.37. The topological polar surface area (TPSA) is 139 Å². The summed E-state index contributed by atoms with van der Waals surface area (Å²) in [6, 6.07) is 13.8. The van der Waals surface area contributed by atoms with E-state index in [2.05, 4.69) is 17.7 Å². The molecule has 4 N–H and O–H groups in total. The number of carboxylic acid groups (broad SMARTS) is 1. The van der Waals surface area contributed by atoms with Crippen molar-refractivity contribution in [3.8, 4) is 11.5 Å². The second-order valence-electron chi connectivity index (χ2n) is 8.10. The molecule has 1 heterocycles. The van der Waals surface area contributed by atoms with Crippen LogP contribution in [0.1, 0.15) is 38.2 Å². The van der Waals surface area contributed by atoms with Gasteiger partial charge in [0.25, 0.3) is 0 Å². The molecule has 0 spiro atoms. The SMILES string of the molecule is CCCCOc1ccc(S(=O)(=O)C2(C(=O)O)CCN(Cc3ccc(OC)cc3)CC2)cc1.NO. The van der Waals surface area contributed by atoms with Crippen LogP contribution < -0.4 is 15.4 Å². The Hall–Kier alpha value is -2.66. The highest BCUT2D eigenvalue weighted by atomic mass is 32.2. The van der Waals surface area contributed by atoms with Crippen molar-refractivity contribution in [1.82, 2.24) is 4.90 Å². The fourth-order valence-electron chi connectivity index (χ4n) is 3.93. The maximum absolute atomic E-state index is 13.4. The Morgan fingerprint density at radius 1 is 1.03 bits per heavy atom. The number of aliphatic carboxylic acids is 1. The molecule has 0 aromatic heterocycles. The number of hydrogen-bond donors (Lipinski definition) is 3. The number of nitrogens with two attached hydrogens (primary N) is 1. The number of likely N-dealkylation sites (tertiary alicyclic amines) is 1. The van der Waals surface area contributed by atoms with Gasteiger partial charge in [0.15, 0.2) is 14.6 Å². The summed E-state index contributed by atoms with van der Waals surface area (Å²) in [4.78, 5) is 14.3. The molecule has 10 heteroatoms. The molecule has 0 unspecified atom stereocenters. The molecule has 0 radical (unpaired) electrons. The van der Waals surface area contributed by atoms with Gasteiger partial charge < -0.3 is 19.8 Å². The standard InChI is InChI=1S/C24H31NO6S.H3NO/c1-3-4-17-31-21-9-11-22(12-10-21)32(28,29)24(23(26)27)13-15-25(16-14-24)18-19-5-7-20(30-2)8-6-19;1-2/h5-12H,3-4,13-18H2,1-2H3,(H,26,27);2H,1H2. The van der Waals surface area contributed by atoms with Crippen molar-refractivity contribution in [3.63, 3.8) is 0 Å². The molecular weight excluding hydrogens is 460 g/mol. The van der Waals surface area contributed by atoms with E-state index in [0.29, 0.717) is 32.0 Å². The summed E-state index contributed by atoms with van der Waals surface area (Å²) in [5, 5.41) is 16.5. The third-order valence-electron chi connectivity index (χ3n) is 6.03. The minimum absolute atomic E-state index is 0.0198. The van der Waals surface area contributed by atoms with Gasteiger partial charge >= 0.3 is 5.97 Å². The molecule has 3 rings (SSSR count). The Morgan fingerprint density at radius 2 is 1.59 bits per heavy atom. The van der Waals surface area contributed by atoms with Gasteiger partial charge in [-0.25, -0.2) is 14.3 Å². The lowest BCUT2D eigenvalue weighted by Gasteiger charge is -2.38. The molecule has 1 fully saturated rings. The van der Waals surface area contributed by atoms with E-state index in [-0.39, 0.29) is 17.7 Å². The van der Waals surface area contributed by atoms with Crippen LogP contribution in [0.4, 0.5) is 0 Å². The molecule has 9 nitrogen and oxygen atoms in total. The number of carboxylic acids is 1. The maximum Gasteiger partial charge on any atom is 0.325 e. The Labute approximate surface area is 201 Å². The van der Waals surface area contributed by atoms with Crippen LogP contribution in [0.5, 0.6) is 11.5 Å². The van der Waals surface area contributed by atoms with E-state index in [1.807, 2.05) is 24.3 Å². The predicted octanol–water partition coefficient (Wildman–Crippen LogP) is 3.10. The second-order valence-corrected chi connectivity index (χ2v) is 10.4. The van der Waals surface area contributed by atoms with Crippen molar-refractivity contribution in [3.05, 3.63) is 54.1 Å². The number of ether oxygens (including phenoxy) is 2. The number of sulfone groups is 1. The highest BCUT2D eigenvalue weighted by molar-refractivity contribution is 7.93. The second kappa shape index (κ2) is 12.7. The Kier molecular flexibility index (Phi) is 10.3. The number of nitrogens with zero attached hydrogens (tertiary/aromatic N) is 1. The lowest BCUT2D eigenvalue weighted by Crippen LogP contribution is -2.54. The van der Waals surface area contributed by atoms with Crippen LogP contribution in [0.2, 0.25) is 0 Å². The molecule has 0 bridgehead atoms. The van der Waals surface area contributed by atoms with E-state index in [0.717, 1.165) is 24.2 Å². The van der Waals surface area contributed by atoms with Gasteiger partial charge in [0.05, 0.1) is 18.6 Å². The summed E-state index contributed by atoms with van der Waals surface area (Å²) >= 11 is 0. The molecule has 0 saturated carbocycles. The number of hydrogen-bond acceptors (Lipinski definition) is 8. The third-order valence-corrected chi connectivity index (χ3v) is 8.54. The highest BCUT2D eigenvalue weighted by Gasteiger charge is 2.53. The average molecular weight is 495 g/mol. The summed E-state index contributed by atoms with van der Waals surface area (Å²) in [6.07, 6.45) is 1.99. The van der Waals surface area contributed by atoms with Gasteiger partial charge in [0.2, 0.25) is 0 Å². The number of piperidine rings is 1. The van der Waals surface area contributed by atoms with Gasteiger partial charge in [-0.15, -0.1) is 0 Å². The number of unbranched alkanes of at least 4 members (excludes halogenated alkanes) is 1. The van der Waals surface area contributed by atoms with Gasteiger partial charge in [-0.1, -0.05) is 25.5 Å². The first-order valence-electron chi connectivity index (χ1n) is 11.1. The van der Waals surface area contributed by atoms with Crippen molar-refractivity contribution in [1.29, 1.82) is 0 Å². The normalized spacial score (nSPS) is 15.6. The van der Waals surface area contributed by atoms with E-state index < -0.39 is 20.6 Å². The molecule has 34 heavy (non-hydrogen) atoms. The van der Waals surface area contributed by atoms with Crippen LogP contribution in [0.3, 0.4) is 0 Å². The molecule has 0 amide bonds. The Balaban J connectivity index is 0.00000199. The number of benzene rings is 2. The molecule has 1 saturated heterocycles. The van der Waals surface area contributed by atoms with Crippen molar-refractivity contribution >= 4 is 15.8 Å². The molecule has 188 valence electrons. The zero-order valence-electron chi connectivity index (χ0n) is 19.6. The van der Waals surface area contributed by atoms with Gasteiger partial charge in [-0.05, 0) is 61.2 Å². The van der Waals surface area contributed by atoms with Gasteiger partial charge in [0.1, 0.15) is 11.5 Å². The fraction of sp³-hybridized carbons (Fsp3) is 0.458. The monoisotopic (exact) mass is 494 g/mol. The quantitative estimate of drug-likeness (QED) is 0.336. The lowest BCUT2D eigenvalue weighted by molar-refractivity contribution is -0.141. The van der Waals surface area contributed by atoms with E-state index in [1.54, 1.807) is 19.2 Å². The van der Waals surface area contributed by atoms with Crippen LogP contribution in [0.25, 0.3) is 0 Å². The largest absolute Gasteiger partial charge is 0.497 e. The summed E-state index contributed by atoms with van der Waals surface area (Å²) in [6.45, 7) is 4.02. The first-order valence-corrected chi connectivity index (χ1v) is 12.6. The number of carbonyl (C=O) groups is 1. The zero-order valence-corrected chi connectivity index (χ0v) is 20.5. The molecule has 1 aliphatic rings. The predicted molar refractivity (Wildman–Crippen MR) is 128 cm³/mol. The Morgan fingerprint density at radius 3 is 2.09 bits per heavy atom. The Bertz CT molecular complexity index is 1000. The summed E-state index contributed by atoms with van der Waals surface area (Å²) in [7, 11) is -2.46. The van der Waals surface area contributed by atoms with Crippen LogP contribution in [-0.4, -0.2) is 61.2 Å². The fourth-order valence-corrected chi connectivity index (χ4v) is 5.83. The summed E-state index contributed by atoms with van der Waals surface area (Å²) in [5.74, 6) is 3.56. The summed E-state index contributed by atoms with van der Waals surface area (Å²) < 4.78 is 35.7. The maximum atomic E-state index is 13.4. The van der Waals surface area contributed by atoms with Crippen molar-refractivity contribution < 1.29 is 33.0 Å². The van der Waals surface area contributed by atoms with Crippen molar-refractivity contribution in [2.75, 3.05) is 26.8 Å². The molecular formula is C24H34N2O7S. The third kappa shape index (κ3) is 6.26.